The maximum Gasteiger partial charge on any atom is 0.378 e. The van der Waals surface area contributed by atoms with Crippen molar-refractivity contribution >= 4 is 27.5 Å². The molecule has 0 unspecified atom stereocenters. The van der Waals surface area contributed by atoms with E-state index in [4.69, 9.17) is 4.74 Å². The second kappa shape index (κ2) is 3.98. The van der Waals surface area contributed by atoms with Crippen LogP contribution in [-0.2, 0) is 4.74 Å². The van der Waals surface area contributed by atoms with E-state index < -0.39 is 5.97 Å². The molecule has 0 bridgehead atoms. The molecule has 78 valence electrons. The summed E-state index contributed by atoms with van der Waals surface area (Å²) in [7, 11) is 0. The van der Waals surface area contributed by atoms with Crippen molar-refractivity contribution in [2.45, 2.75) is 6.92 Å². The largest absolute Gasteiger partial charge is 0.460 e. The van der Waals surface area contributed by atoms with E-state index in [2.05, 4.69) is 26.0 Å². The highest BCUT2D eigenvalue weighted by Gasteiger charge is 2.14. The van der Waals surface area contributed by atoms with Gasteiger partial charge in [-0.3, -0.25) is 0 Å². The van der Waals surface area contributed by atoms with Crippen LogP contribution in [0.5, 0.6) is 0 Å². The molecule has 6 heteroatoms. The predicted octanol–water partition coefficient (Wildman–Crippen LogP) is 1.67. The number of pyridine rings is 1. The second-order valence-electron chi connectivity index (χ2n) is 2.77. The normalized spacial score (nSPS) is 10.5. The summed E-state index contributed by atoms with van der Waals surface area (Å²) in [5, 5.41) is 4.01. The summed E-state index contributed by atoms with van der Waals surface area (Å²) in [6.07, 6.45) is 0. The molecule has 2 rings (SSSR count). The van der Waals surface area contributed by atoms with Gasteiger partial charge in [0.25, 0.3) is 5.82 Å². The van der Waals surface area contributed by atoms with E-state index >= 15 is 0 Å². The number of rotatable bonds is 2. The van der Waals surface area contributed by atoms with Gasteiger partial charge in [-0.1, -0.05) is 6.07 Å². The Bertz CT molecular complexity index is 509. The highest BCUT2D eigenvalue weighted by atomic mass is 79.9. The summed E-state index contributed by atoms with van der Waals surface area (Å²) in [4.78, 5) is 15.4. The summed E-state index contributed by atoms with van der Waals surface area (Å²) >= 11 is 3.31. The van der Waals surface area contributed by atoms with Gasteiger partial charge in [-0.25, -0.2) is 14.3 Å². The quantitative estimate of drug-likeness (QED) is 0.615. The number of hydrogen-bond donors (Lipinski definition) is 0. The molecule has 0 aliphatic heterocycles. The minimum atomic E-state index is -0.506. The minimum absolute atomic E-state index is 0.0729. The Balaban J connectivity index is 2.47. The van der Waals surface area contributed by atoms with Crippen LogP contribution in [0, 0.1) is 0 Å². The lowest BCUT2D eigenvalue weighted by atomic mass is 10.5. The zero-order chi connectivity index (χ0) is 10.8. The maximum atomic E-state index is 11.3. The Morgan fingerprint density at radius 1 is 1.60 bits per heavy atom. The van der Waals surface area contributed by atoms with Gasteiger partial charge in [0, 0.05) is 0 Å². The van der Waals surface area contributed by atoms with Gasteiger partial charge in [0.1, 0.15) is 4.60 Å². The fourth-order valence-corrected chi connectivity index (χ4v) is 1.57. The van der Waals surface area contributed by atoms with Crippen molar-refractivity contribution in [3.05, 3.63) is 28.6 Å². The van der Waals surface area contributed by atoms with Gasteiger partial charge in [-0.05, 0) is 35.0 Å². The van der Waals surface area contributed by atoms with E-state index in [1.807, 2.05) is 12.1 Å². The molecule has 0 aromatic carbocycles. The second-order valence-corrected chi connectivity index (χ2v) is 3.59. The van der Waals surface area contributed by atoms with Crippen LogP contribution in [-0.4, -0.2) is 27.2 Å². The lowest BCUT2D eigenvalue weighted by Crippen LogP contribution is -2.06. The molecule has 15 heavy (non-hydrogen) atoms. The molecular weight excluding hydrogens is 262 g/mol. The zero-order valence-corrected chi connectivity index (χ0v) is 9.56. The number of halogens is 1. The lowest BCUT2D eigenvalue weighted by Gasteiger charge is -1.94. The molecule has 5 nitrogen and oxygen atoms in total. The molecule has 0 amide bonds. The molecule has 0 N–H and O–H groups in total. The number of aromatic nitrogens is 3. The fraction of sp³-hybridized carbons (Fsp3) is 0.222. The first-order valence-electron chi connectivity index (χ1n) is 4.41. The van der Waals surface area contributed by atoms with Gasteiger partial charge >= 0.3 is 5.97 Å². The number of carbonyl (C=O) groups excluding carboxylic acids is 1. The monoisotopic (exact) mass is 269 g/mol. The number of ether oxygens (including phenoxy) is 1. The van der Waals surface area contributed by atoms with Crippen LogP contribution in [0.2, 0.25) is 0 Å². The third-order valence-corrected chi connectivity index (χ3v) is 2.37. The van der Waals surface area contributed by atoms with Crippen molar-refractivity contribution in [3.8, 4) is 0 Å². The first-order valence-corrected chi connectivity index (χ1v) is 5.20. The van der Waals surface area contributed by atoms with Crippen LogP contribution < -0.4 is 0 Å². The topological polar surface area (TPSA) is 56.5 Å². The van der Waals surface area contributed by atoms with Crippen LogP contribution in [0.4, 0.5) is 0 Å². The van der Waals surface area contributed by atoms with Gasteiger partial charge in [-0.2, -0.15) is 0 Å². The Morgan fingerprint density at radius 3 is 3.07 bits per heavy atom. The first kappa shape index (κ1) is 10.1. The Labute approximate surface area is 94.2 Å². The van der Waals surface area contributed by atoms with Crippen molar-refractivity contribution in [1.82, 2.24) is 14.6 Å². The Morgan fingerprint density at radius 2 is 2.40 bits per heavy atom. The van der Waals surface area contributed by atoms with Crippen molar-refractivity contribution in [3.63, 3.8) is 0 Å². The standard InChI is InChI=1S/C9H8BrN3O2/c1-2-15-9(14)8-11-7-5-3-4-6(10)13(7)12-8/h3-5H,2H2,1H3. The molecule has 2 aromatic rings. The molecule has 0 aliphatic carbocycles. The smallest absolute Gasteiger partial charge is 0.378 e. The van der Waals surface area contributed by atoms with Crippen LogP contribution in [0.1, 0.15) is 17.5 Å². The average Bonchev–Trinajstić information content (AvgIpc) is 2.63. The van der Waals surface area contributed by atoms with E-state index in [1.165, 1.54) is 4.52 Å². The van der Waals surface area contributed by atoms with Gasteiger partial charge < -0.3 is 4.74 Å². The van der Waals surface area contributed by atoms with E-state index in [9.17, 15) is 4.79 Å². The average molecular weight is 270 g/mol. The van der Waals surface area contributed by atoms with Crippen LogP contribution >= 0.6 is 15.9 Å². The van der Waals surface area contributed by atoms with Gasteiger partial charge in [0.2, 0.25) is 0 Å². The molecule has 0 spiro atoms. The Kier molecular flexibility index (Phi) is 2.68. The molecule has 2 heterocycles. The molecule has 0 atom stereocenters. The van der Waals surface area contributed by atoms with Crippen LogP contribution in [0.3, 0.4) is 0 Å². The zero-order valence-electron chi connectivity index (χ0n) is 7.98. The third kappa shape index (κ3) is 1.85. The number of fused-ring (bicyclic) bond motifs is 1. The van der Waals surface area contributed by atoms with Gasteiger partial charge in [0.05, 0.1) is 6.61 Å². The van der Waals surface area contributed by atoms with Crippen molar-refractivity contribution < 1.29 is 9.53 Å². The van der Waals surface area contributed by atoms with E-state index in [0.29, 0.717) is 12.3 Å². The highest BCUT2D eigenvalue weighted by Crippen LogP contribution is 2.11. The summed E-state index contributed by atoms with van der Waals surface area (Å²) in [5.74, 6) is -0.433. The lowest BCUT2D eigenvalue weighted by molar-refractivity contribution is 0.0512. The maximum absolute atomic E-state index is 11.3. The molecule has 0 saturated carbocycles. The minimum Gasteiger partial charge on any atom is -0.460 e. The highest BCUT2D eigenvalue weighted by molar-refractivity contribution is 9.10. The molecule has 0 saturated heterocycles. The molecule has 0 aliphatic rings. The molecule has 0 radical (unpaired) electrons. The van der Waals surface area contributed by atoms with E-state index in [0.717, 1.165) is 4.60 Å². The van der Waals surface area contributed by atoms with E-state index in [1.54, 1.807) is 13.0 Å². The van der Waals surface area contributed by atoms with Crippen molar-refractivity contribution in [2.75, 3.05) is 6.61 Å². The molecule has 0 fully saturated rings. The summed E-state index contributed by atoms with van der Waals surface area (Å²) < 4.78 is 7.08. The summed E-state index contributed by atoms with van der Waals surface area (Å²) in [5.41, 5.74) is 0.604. The number of hydrogen-bond acceptors (Lipinski definition) is 4. The summed E-state index contributed by atoms with van der Waals surface area (Å²) in [6, 6.07) is 5.40. The fourth-order valence-electron chi connectivity index (χ4n) is 1.16. The van der Waals surface area contributed by atoms with Gasteiger partial charge in [0.15, 0.2) is 5.65 Å². The van der Waals surface area contributed by atoms with Crippen LogP contribution in [0.15, 0.2) is 22.8 Å². The number of nitrogens with zero attached hydrogens (tertiary/aromatic N) is 3. The SMILES string of the molecule is CCOC(=O)c1nc2cccc(Br)n2n1. The summed E-state index contributed by atoms with van der Waals surface area (Å²) in [6.45, 7) is 2.05. The first-order chi connectivity index (χ1) is 7.22. The Hall–Kier alpha value is -1.43. The van der Waals surface area contributed by atoms with Crippen LogP contribution in [0.25, 0.3) is 5.65 Å². The van der Waals surface area contributed by atoms with Crippen molar-refractivity contribution in [1.29, 1.82) is 0 Å². The number of carbonyl (C=O) groups is 1. The van der Waals surface area contributed by atoms with Crippen molar-refractivity contribution in [2.24, 2.45) is 0 Å². The predicted molar refractivity (Wildman–Crippen MR) is 56.6 cm³/mol. The molecular formula is C9H8BrN3O2. The van der Waals surface area contributed by atoms with E-state index in [-0.39, 0.29) is 5.82 Å². The molecule has 2 aromatic heterocycles. The third-order valence-electron chi connectivity index (χ3n) is 1.77. The number of esters is 1. The van der Waals surface area contributed by atoms with Gasteiger partial charge in [-0.15, -0.1) is 5.10 Å².